The van der Waals surface area contributed by atoms with Crippen LogP contribution in [0.15, 0.2) is 29.5 Å². The zero-order valence-corrected chi connectivity index (χ0v) is 17.6. The van der Waals surface area contributed by atoms with Crippen LogP contribution in [0.25, 0.3) is 10.2 Å². The molecular weight excluding hydrogens is 384 g/mol. The first kappa shape index (κ1) is 18.6. The second-order valence-corrected chi connectivity index (χ2v) is 9.26. The number of carbonyl (C=O) groups excluding carboxylic acids is 1. The minimum Gasteiger partial charge on any atom is -0.353 e. The van der Waals surface area contributed by atoms with Crippen molar-refractivity contribution in [1.29, 1.82) is 0 Å². The third kappa shape index (κ3) is 3.21. The van der Waals surface area contributed by atoms with E-state index in [4.69, 9.17) is 0 Å². The van der Waals surface area contributed by atoms with Crippen molar-refractivity contribution in [1.82, 2.24) is 19.0 Å². The van der Waals surface area contributed by atoms with Crippen LogP contribution in [0.2, 0.25) is 0 Å². The number of fused-ring (bicyclic) bond motifs is 3. The molecule has 1 atom stereocenters. The van der Waals surface area contributed by atoms with Gasteiger partial charge in [-0.15, -0.1) is 11.3 Å². The summed E-state index contributed by atoms with van der Waals surface area (Å²) in [4.78, 5) is 34.8. The zero-order chi connectivity index (χ0) is 20.0. The Labute approximate surface area is 173 Å². The Morgan fingerprint density at radius 1 is 1.28 bits per heavy atom. The van der Waals surface area contributed by atoms with Gasteiger partial charge in [0.1, 0.15) is 4.83 Å². The van der Waals surface area contributed by atoms with Crippen LogP contribution in [0.5, 0.6) is 0 Å². The second kappa shape index (κ2) is 7.44. The molecule has 1 aliphatic heterocycles. The van der Waals surface area contributed by atoms with Gasteiger partial charge in [-0.05, 0) is 56.2 Å². The summed E-state index contributed by atoms with van der Waals surface area (Å²) in [6.07, 6.45) is 10.4. The largest absolute Gasteiger partial charge is 0.353 e. The molecule has 0 spiro atoms. The highest BCUT2D eigenvalue weighted by Gasteiger charge is 2.31. The van der Waals surface area contributed by atoms with E-state index in [9.17, 15) is 9.59 Å². The average molecular weight is 411 g/mol. The van der Waals surface area contributed by atoms with Gasteiger partial charge in [-0.25, -0.2) is 4.98 Å². The maximum atomic E-state index is 13.1. The van der Waals surface area contributed by atoms with Gasteiger partial charge < -0.3 is 9.47 Å². The van der Waals surface area contributed by atoms with Gasteiger partial charge in [0.25, 0.3) is 5.56 Å². The van der Waals surface area contributed by atoms with E-state index in [2.05, 4.69) is 15.6 Å². The van der Waals surface area contributed by atoms with Gasteiger partial charge in [0, 0.05) is 43.3 Å². The molecule has 1 amide bonds. The summed E-state index contributed by atoms with van der Waals surface area (Å²) >= 11 is 1.67. The molecule has 4 heterocycles. The van der Waals surface area contributed by atoms with E-state index in [-0.39, 0.29) is 17.5 Å². The molecule has 0 bridgehead atoms. The molecule has 2 aliphatic rings. The molecule has 1 fully saturated rings. The molecule has 152 valence electrons. The van der Waals surface area contributed by atoms with Crippen LogP contribution >= 0.6 is 11.3 Å². The van der Waals surface area contributed by atoms with Crippen LogP contribution in [-0.4, -0.2) is 31.5 Å². The summed E-state index contributed by atoms with van der Waals surface area (Å²) in [7, 11) is 2.03. The van der Waals surface area contributed by atoms with Crippen molar-refractivity contribution >= 4 is 27.5 Å². The van der Waals surface area contributed by atoms with Gasteiger partial charge >= 0.3 is 0 Å². The van der Waals surface area contributed by atoms with Crippen molar-refractivity contribution in [3.05, 3.63) is 51.1 Å². The molecule has 7 heteroatoms. The molecule has 5 rings (SSSR count). The lowest BCUT2D eigenvalue weighted by Gasteiger charge is -2.25. The fourth-order valence-electron chi connectivity index (χ4n) is 4.89. The predicted octanol–water partition coefficient (Wildman–Crippen LogP) is 3.43. The summed E-state index contributed by atoms with van der Waals surface area (Å²) in [6, 6.07) is 4.26. The van der Waals surface area contributed by atoms with E-state index in [1.165, 1.54) is 22.6 Å². The highest BCUT2D eigenvalue weighted by atomic mass is 32.1. The maximum Gasteiger partial charge on any atom is 0.262 e. The molecule has 0 saturated carbocycles. The fourth-order valence-corrected chi connectivity index (χ4v) is 6.11. The Bertz CT molecular complexity index is 1130. The summed E-state index contributed by atoms with van der Waals surface area (Å²) < 4.78 is 3.73. The molecule has 3 aromatic heterocycles. The minimum absolute atomic E-state index is 0.0163. The van der Waals surface area contributed by atoms with Crippen molar-refractivity contribution in [2.45, 2.75) is 57.5 Å². The Morgan fingerprint density at radius 3 is 2.97 bits per heavy atom. The number of likely N-dealkylation sites (tertiary alicyclic amines) is 1. The lowest BCUT2D eigenvalue weighted by atomic mass is 9.97. The van der Waals surface area contributed by atoms with Crippen molar-refractivity contribution in [3.8, 4) is 0 Å². The molecule has 1 saturated heterocycles. The third-order valence-corrected chi connectivity index (χ3v) is 7.61. The van der Waals surface area contributed by atoms with Crippen LogP contribution < -0.4 is 5.56 Å². The number of amides is 1. The average Bonchev–Trinajstić information content (AvgIpc) is 3.44. The standard InChI is InChI=1S/C22H26N4O2S/c1-24-11-4-7-16(24)17-8-5-12-26(17)19(27)10-13-25-14-23-21-20(22(25)28)15-6-2-3-9-18(15)29-21/h4,7,11,14,17H,2-3,5-6,8-10,12-13H2,1H3. The number of hydrogen-bond donors (Lipinski definition) is 0. The molecule has 0 N–H and O–H groups in total. The summed E-state index contributed by atoms with van der Waals surface area (Å²) in [6.45, 7) is 1.18. The summed E-state index contributed by atoms with van der Waals surface area (Å²) in [5.41, 5.74) is 2.40. The van der Waals surface area contributed by atoms with Gasteiger partial charge in [0.2, 0.25) is 5.91 Å². The normalized spacial score (nSPS) is 19.1. The predicted molar refractivity (Wildman–Crippen MR) is 114 cm³/mol. The monoisotopic (exact) mass is 410 g/mol. The molecule has 1 unspecified atom stereocenters. The number of rotatable bonds is 4. The Kier molecular flexibility index (Phi) is 4.78. The number of aromatic nitrogens is 3. The Hall–Kier alpha value is -2.41. The number of carbonyl (C=O) groups is 1. The number of aryl methyl sites for hydroxylation is 4. The third-order valence-electron chi connectivity index (χ3n) is 6.41. The number of hydrogen-bond acceptors (Lipinski definition) is 4. The molecule has 0 radical (unpaired) electrons. The Balaban J connectivity index is 1.35. The van der Waals surface area contributed by atoms with Gasteiger partial charge in [0.05, 0.1) is 17.8 Å². The van der Waals surface area contributed by atoms with Crippen LogP contribution in [0.3, 0.4) is 0 Å². The van der Waals surface area contributed by atoms with Crippen molar-refractivity contribution < 1.29 is 4.79 Å². The van der Waals surface area contributed by atoms with Gasteiger partial charge in [-0.1, -0.05) is 0 Å². The van der Waals surface area contributed by atoms with Crippen LogP contribution in [0, 0.1) is 0 Å². The first-order valence-electron chi connectivity index (χ1n) is 10.5. The zero-order valence-electron chi connectivity index (χ0n) is 16.8. The van der Waals surface area contributed by atoms with E-state index in [1.807, 2.05) is 24.2 Å². The highest BCUT2D eigenvalue weighted by molar-refractivity contribution is 7.18. The number of thiophene rings is 1. The van der Waals surface area contributed by atoms with E-state index in [0.29, 0.717) is 13.0 Å². The smallest absolute Gasteiger partial charge is 0.262 e. The van der Waals surface area contributed by atoms with Crippen molar-refractivity contribution in [3.63, 3.8) is 0 Å². The first-order chi connectivity index (χ1) is 14.1. The maximum absolute atomic E-state index is 13.1. The topological polar surface area (TPSA) is 60.1 Å². The van der Waals surface area contributed by atoms with E-state index in [0.717, 1.165) is 48.9 Å². The van der Waals surface area contributed by atoms with E-state index in [1.54, 1.807) is 22.2 Å². The fraction of sp³-hybridized carbons (Fsp3) is 0.500. The lowest BCUT2D eigenvalue weighted by molar-refractivity contribution is -0.132. The quantitative estimate of drug-likeness (QED) is 0.662. The van der Waals surface area contributed by atoms with E-state index >= 15 is 0 Å². The molecule has 29 heavy (non-hydrogen) atoms. The number of nitrogens with zero attached hydrogens (tertiary/aromatic N) is 4. The molecule has 1 aliphatic carbocycles. The van der Waals surface area contributed by atoms with Crippen molar-refractivity contribution in [2.75, 3.05) is 6.54 Å². The van der Waals surface area contributed by atoms with Gasteiger partial charge in [-0.3, -0.25) is 14.2 Å². The molecular formula is C22H26N4O2S. The second-order valence-electron chi connectivity index (χ2n) is 8.17. The first-order valence-corrected chi connectivity index (χ1v) is 11.4. The molecule has 3 aromatic rings. The summed E-state index contributed by atoms with van der Waals surface area (Å²) in [5.74, 6) is 0.119. The van der Waals surface area contributed by atoms with Crippen LogP contribution in [0.1, 0.15) is 54.3 Å². The summed E-state index contributed by atoms with van der Waals surface area (Å²) in [5, 5.41) is 0.794. The highest BCUT2D eigenvalue weighted by Crippen LogP contribution is 2.34. The van der Waals surface area contributed by atoms with Crippen molar-refractivity contribution in [2.24, 2.45) is 7.05 Å². The SMILES string of the molecule is Cn1cccc1C1CCCN1C(=O)CCn1cnc2sc3c(c2c1=O)CCCC3. The molecule has 6 nitrogen and oxygen atoms in total. The van der Waals surface area contributed by atoms with Gasteiger partial charge in [0.15, 0.2) is 0 Å². The minimum atomic E-state index is 0.0163. The lowest BCUT2D eigenvalue weighted by Crippen LogP contribution is -2.33. The Morgan fingerprint density at radius 2 is 2.14 bits per heavy atom. The van der Waals surface area contributed by atoms with Crippen LogP contribution in [-0.2, 0) is 31.2 Å². The molecule has 0 aromatic carbocycles. The van der Waals surface area contributed by atoms with Crippen LogP contribution in [0.4, 0.5) is 0 Å². The van der Waals surface area contributed by atoms with E-state index < -0.39 is 0 Å². The van der Waals surface area contributed by atoms with Gasteiger partial charge in [-0.2, -0.15) is 0 Å².